The van der Waals surface area contributed by atoms with Crippen molar-refractivity contribution in [3.8, 4) is 0 Å². The van der Waals surface area contributed by atoms with Crippen molar-refractivity contribution < 1.29 is 9.18 Å². The average Bonchev–Trinajstić information content (AvgIpc) is 2.66. The summed E-state index contributed by atoms with van der Waals surface area (Å²) in [6, 6.07) is 24.8. The van der Waals surface area contributed by atoms with Crippen LogP contribution in [0.5, 0.6) is 0 Å². The molecular weight excluding hydrogens is 339 g/mol. The number of nitrogens with one attached hydrogen (secondary N) is 1. The first-order valence-electron chi connectivity index (χ1n) is 8.91. The van der Waals surface area contributed by atoms with Gasteiger partial charge >= 0.3 is 0 Å². The SMILES string of the molecule is Cc1ccc(NC(=O)CN(C)C(c2ccccc2)c2ccccc2)c(F)c1. The topological polar surface area (TPSA) is 32.3 Å². The quantitative estimate of drug-likeness (QED) is 0.683. The van der Waals surface area contributed by atoms with Crippen LogP contribution in [-0.2, 0) is 4.79 Å². The largest absolute Gasteiger partial charge is 0.322 e. The molecule has 0 aliphatic heterocycles. The maximum atomic E-state index is 14.0. The van der Waals surface area contributed by atoms with E-state index in [0.717, 1.165) is 16.7 Å². The molecule has 0 saturated carbocycles. The Morgan fingerprint density at radius 3 is 2.04 bits per heavy atom. The molecule has 0 heterocycles. The van der Waals surface area contributed by atoms with Gasteiger partial charge in [-0.1, -0.05) is 66.7 Å². The zero-order valence-electron chi connectivity index (χ0n) is 15.5. The number of anilines is 1. The average molecular weight is 362 g/mol. The Labute approximate surface area is 159 Å². The van der Waals surface area contributed by atoms with Gasteiger partial charge in [-0.25, -0.2) is 4.39 Å². The zero-order chi connectivity index (χ0) is 19.2. The van der Waals surface area contributed by atoms with Crippen LogP contribution < -0.4 is 5.32 Å². The summed E-state index contributed by atoms with van der Waals surface area (Å²) in [5.74, 6) is -0.675. The van der Waals surface area contributed by atoms with Gasteiger partial charge in [0.25, 0.3) is 0 Å². The van der Waals surface area contributed by atoms with Crippen LogP contribution in [-0.4, -0.2) is 24.4 Å². The molecule has 0 aliphatic rings. The Morgan fingerprint density at radius 1 is 0.963 bits per heavy atom. The molecule has 3 rings (SSSR count). The van der Waals surface area contributed by atoms with Crippen molar-refractivity contribution in [2.24, 2.45) is 0 Å². The minimum atomic E-state index is -0.423. The Morgan fingerprint density at radius 2 is 1.52 bits per heavy atom. The van der Waals surface area contributed by atoms with E-state index in [1.54, 1.807) is 12.1 Å². The molecule has 0 bridgehead atoms. The third kappa shape index (κ3) is 4.80. The van der Waals surface area contributed by atoms with Crippen LogP contribution in [0.1, 0.15) is 22.7 Å². The number of halogens is 1. The van der Waals surface area contributed by atoms with E-state index in [4.69, 9.17) is 0 Å². The van der Waals surface area contributed by atoms with E-state index in [0.29, 0.717) is 0 Å². The fourth-order valence-electron chi connectivity index (χ4n) is 3.20. The lowest BCUT2D eigenvalue weighted by Gasteiger charge is -2.28. The molecule has 3 nitrogen and oxygen atoms in total. The van der Waals surface area contributed by atoms with Gasteiger partial charge in [0.1, 0.15) is 5.82 Å². The van der Waals surface area contributed by atoms with Gasteiger partial charge in [-0.2, -0.15) is 0 Å². The predicted molar refractivity (Wildman–Crippen MR) is 107 cm³/mol. The second-order valence-electron chi connectivity index (χ2n) is 6.67. The highest BCUT2D eigenvalue weighted by molar-refractivity contribution is 5.92. The molecule has 27 heavy (non-hydrogen) atoms. The predicted octanol–water partition coefficient (Wildman–Crippen LogP) is 4.79. The van der Waals surface area contributed by atoms with Crippen molar-refractivity contribution in [3.05, 3.63) is 101 Å². The monoisotopic (exact) mass is 362 g/mol. The van der Waals surface area contributed by atoms with Gasteiger partial charge in [-0.3, -0.25) is 9.69 Å². The number of nitrogens with zero attached hydrogens (tertiary/aromatic N) is 1. The molecule has 3 aromatic carbocycles. The summed E-state index contributed by atoms with van der Waals surface area (Å²) in [6.07, 6.45) is 0. The van der Waals surface area contributed by atoms with E-state index in [1.165, 1.54) is 6.07 Å². The standard InChI is InChI=1S/C23H23FN2O/c1-17-13-14-21(20(24)15-17)25-22(27)16-26(2)23(18-9-5-3-6-10-18)19-11-7-4-8-12-19/h3-15,23H,16H2,1-2H3,(H,25,27). The highest BCUT2D eigenvalue weighted by atomic mass is 19.1. The lowest BCUT2D eigenvalue weighted by Crippen LogP contribution is -2.34. The summed E-state index contributed by atoms with van der Waals surface area (Å²) in [7, 11) is 1.90. The number of carbonyl (C=O) groups is 1. The first-order chi connectivity index (χ1) is 13.0. The van der Waals surface area contributed by atoms with Crippen molar-refractivity contribution >= 4 is 11.6 Å². The van der Waals surface area contributed by atoms with Crippen LogP contribution in [0.3, 0.4) is 0 Å². The number of hydrogen-bond acceptors (Lipinski definition) is 2. The molecule has 1 amide bonds. The Hall–Kier alpha value is -2.98. The summed E-state index contributed by atoms with van der Waals surface area (Å²) in [6.45, 7) is 1.95. The number of likely N-dealkylation sites (N-methyl/N-ethyl adjacent to an activating group) is 1. The second kappa shape index (κ2) is 8.60. The maximum absolute atomic E-state index is 14.0. The van der Waals surface area contributed by atoms with Crippen LogP contribution in [0, 0.1) is 12.7 Å². The fraction of sp³-hybridized carbons (Fsp3) is 0.174. The molecule has 138 valence electrons. The maximum Gasteiger partial charge on any atom is 0.238 e. The zero-order valence-corrected chi connectivity index (χ0v) is 15.5. The Kier molecular flexibility index (Phi) is 5.99. The van der Waals surface area contributed by atoms with Gasteiger partial charge in [-0.15, -0.1) is 0 Å². The number of amides is 1. The number of benzene rings is 3. The summed E-state index contributed by atoms with van der Waals surface area (Å²) in [4.78, 5) is 14.5. The first kappa shape index (κ1) is 18.8. The third-order valence-corrected chi connectivity index (χ3v) is 4.46. The smallest absolute Gasteiger partial charge is 0.238 e. The highest BCUT2D eigenvalue weighted by Crippen LogP contribution is 2.27. The first-order valence-corrected chi connectivity index (χ1v) is 8.91. The molecule has 0 saturated heterocycles. The van der Waals surface area contributed by atoms with Crippen molar-refractivity contribution in [2.75, 3.05) is 18.9 Å². The van der Waals surface area contributed by atoms with Crippen molar-refractivity contribution in [3.63, 3.8) is 0 Å². The van der Waals surface area contributed by atoms with Crippen LogP contribution in [0.2, 0.25) is 0 Å². The summed E-state index contributed by atoms with van der Waals surface area (Å²) in [5, 5.41) is 2.67. The van der Waals surface area contributed by atoms with Crippen LogP contribution in [0.25, 0.3) is 0 Å². The molecule has 1 N–H and O–H groups in total. The summed E-state index contributed by atoms with van der Waals surface area (Å²) < 4.78 is 14.0. The lowest BCUT2D eigenvalue weighted by molar-refractivity contribution is -0.117. The van der Waals surface area contributed by atoms with Gasteiger partial charge < -0.3 is 5.32 Å². The minimum Gasteiger partial charge on any atom is -0.322 e. The van der Waals surface area contributed by atoms with Crippen molar-refractivity contribution in [1.82, 2.24) is 4.90 Å². The van der Waals surface area contributed by atoms with Gasteiger partial charge in [0.05, 0.1) is 18.3 Å². The van der Waals surface area contributed by atoms with Crippen molar-refractivity contribution in [2.45, 2.75) is 13.0 Å². The molecule has 0 aromatic heterocycles. The summed E-state index contributed by atoms with van der Waals surface area (Å²) >= 11 is 0. The highest BCUT2D eigenvalue weighted by Gasteiger charge is 2.21. The molecule has 0 radical (unpaired) electrons. The van der Waals surface area contributed by atoms with Crippen LogP contribution in [0.4, 0.5) is 10.1 Å². The normalized spacial score (nSPS) is 11.0. The molecule has 0 atom stereocenters. The van der Waals surface area contributed by atoms with Gasteiger partial charge in [0.15, 0.2) is 0 Å². The van der Waals surface area contributed by atoms with E-state index in [9.17, 15) is 9.18 Å². The van der Waals surface area contributed by atoms with Crippen LogP contribution >= 0.6 is 0 Å². The van der Waals surface area contributed by atoms with E-state index < -0.39 is 5.82 Å². The molecule has 0 unspecified atom stereocenters. The van der Waals surface area contributed by atoms with E-state index in [1.807, 2.05) is 79.5 Å². The molecule has 0 spiro atoms. The third-order valence-electron chi connectivity index (χ3n) is 4.46. The van der Waals surface area contributed by atoms with Gasteiger partial charge in [-0.05, 0) is 42.8 Å². The van der Waals surface area contributed by atoms with Gasteiger partial charge in [0, 0.05) is 0 Å². The Balaban J connectivity index is 1.78. The molecule has 4 heteroatoms. The van der Waals surface area contributed by atoms with Gasteiger partial charge in [0.2, 0.25) is 5.91 Å². The molecular formula is C23H23FN2O. The number of rotatable bonds is 6. The number of carbonyl (C=O) groups excluding carboxylic acids is 1. The molecule has 0 aliphatic carbocycles. The van der Waals surface area contributed by atoms with E-state index in [2.05, 4.69) is 5.32 Å². The Bertz CT molecular complexity index is 857. The van der Waals surface area contributed by atoms with E-state index >= 15 is 0 Å². The molecule has 0 fully saturated rings. The second-order valence-corrected chi connectivity index (χ2v) is 6.67. The van der Waals surface area contributed by atoms with Crippen LogP contribution in [0.15, 0.2) is 78.9 Å². The van der Waals surface area contributed by atoms with E-state index in [-0.39, 0.29) is 24.2 Å². The lowest BCUT2D eigenvalue weighted by atomic mass is 9.97. The minimum absolute atomic E-state index is 0.0685. The van der Waals surface area contributed by atoms with Crippen molar-refractivity contribution in [1.29, 1.82) is 0 Å². The molecule has 3 aromatic rings. The number of aryl methyl sites for hydroxylation is 1. The number of hydrogen-bond donors (Lipinski definition) is 1. The fourth-order valence-corrected chi connectivity index (χ4v) is 3.20. The summed E-state index contributed by atoms with van der Waals surface area (Å²) in [5.41, 5.74) is 3.21.